The van der Waals surface area contributed by atoms with E-state index in [4.69, 9.17) is 39.9 Å². The molecule has 0 aromatic heterocycles. The normalized spacial score (nSPS) is 20.7. The molecule has 2 unspecified atom stereocenters. The van der Waals surface area contributed by atoms with Crippen LogP contribution in [0.2, 0.25) is 15.1 Å². The van der Waals surface area contributed by atoms with Gasteiger partial charge in [0.15, 0.2) is 0 Å². The van der Waals surface area contributed by atoms with Crippen molar-refractivity contribution in [1.82, 2.24) is 5.32 Å². The highest BCUT2D eigenvalue weighted by Gasteiger charge is 2.30. The van der Waals surface area contributed by atoms with Gasteiger partial charge in [0.2, 0.25) is 0 Å². The number of rotatable bonds is 5. The molecular formula is C19H21Cl3N2O. The van der Waals surface area contributed by atoms with Crippen LogP contribution in [0, 0.1) is 0 Å². The molecule has 25 heavy (non-hydrogen) atoms. The molecule has 0 spiro atoms. The van der Waals surface area contributed by atoms with Crippen LogP contribution in [0.3, 0.4) is 0 Å². The maximum absolute atomic E-state index is 9.09. The molecule has 3 rings (SSSR count). The number of hydrogen-bond donors (Lipinski definition) is 2. The van der Waals surface area contributed by atoms with E-state index in [9.17, 15) is 0 Å². The van der Waals surface area contributed by atoms with Crippen molar-refractivity contribution < 1.29 is 5.11 Å². The standard InChI is InChI=1S/C19H21Cl3N2O/c20-14-3-1-13(2-4-14)19-12-16(23-8-10-25)7-9-24(19)18-6-5-15(21)11-17(18)22/h1-6,11,16,19,23,25H,7-10,12H2. The van der Waals surface area contributed by atoms with Crippen LogP contribution in [-0.4, -0.2) is 30.8 Å². The fourth-order valence-electron chi connectivity index (χ4n) is 3.42. The molecule has 1 heterocycles. The molecule has 1 aliphatic rings. The number of aliphatic hydroxyl groups excluding tert-OH is 1. The first kappa shape index (κ1) is 18.8. The first-order chi connectivity index (χ1) is 12.1. The van der Waals surface area contributed by atoms with Gasteiger partial charge in [0.25, 0.3) is 0 Å². The molecular weight excluding hydrogens is 379 g/mol. The van der Waals surface area contributed by atoms with Gasteiger partial charge in [0, 0.05) is 29.2 Å². The van der Waals surface area contributed by atoms with Gasteiger partial charge in [0.05, 0.1) is 23.4 Å². The zero-order valence-corrected chi connectivity index (χ0v) is 16.0. The summed E-state index contributed by atoms with van der Waals surface area (Å²) < 4.78 is 0. The highest BCUT2D eigenvalue weighted by atomic mass is 35.5. The molecule has 1 aliphatic heterocycles. The van der Waals surface area contributed by atoms with Crippen molar-refractivity contribution in [1.29, 1.82) is 0 Å². The second kappa shape index (κ2) is 8.61. The van der Waals surface area contributed by atoms with Crippen molar-refractivity contribution in [2.75, 3.05) is 24.6 Å². The Hall–Kier alpha value is -0.970. The molecule has 134 valence electrons. The Bertz CT molecular complexity index is 708. The molecule has 0 aliphatic carbocycles. The largest absolute Gasteiger partial charge is 0.395 e. The molecule has 1 fully saturated rings. The Morgan fingerprint density at radius 3 is 2.44 bits per heavy atom. The Morgan fingerprint density at radius 2 is 1.76 bits per heavy atom. The van der Waals surface area contributed by atoms with Gasteiger partial charge in [-0.3, -0.25) is 0 Å². The highest BCUT2D eigenvalue weighted by molar-refractivity contribution is 6.36. The molecule has 6 heteroatoms. The van der Waals surface area contributed by atoms with Gasteiger partial charge in [-0.15, -0.1) is 0 Å². The predicted octanol–water partition coefficient (Wildman–Crippen LogP) is 4.94. The fourth-order valence-corrected chi connectivity index (χ4v) is 4.07. The van der Waals surface area contributed by atoms with Crippen LogP contribution in [0.5, 0.6) is 0 Å². The lowest BCUT2D eigenvalue weighted by atomic mass is 9.91. The summed E-state index contributed by atoms with van der Waals surface area (Å²) in [7, 11) is 0. The first-order valence-corrected chi connectivity index (χ1v) is 9.53. The van der Waals surface area contributed by atoms with Gasteiger partial charge in [-0.05, 0) is 48.7 Å². The van der Waals surface area contributed by atoms with Gasteiger partial charge < -0.3 is 15.3 Å². The SMILES string of the molecule is OCCNC1CCN(c2ccc(Cl)cc2Cl)C(c2ccc(Cl)cc2)C1. The third-order valence-corrected chi connectivity index (χ3v) is 5.41. The minimum atomic E-state index is 0.148. The summed E-state index contributed by atoms with van der Waals surface area (Å²) in [4.78, 5) is 2.33. The predicted molar refractivity (Wildman–Crippen MR) is 106 cm³/mol. The van der Waals surface area contributed by atoms with Gasteiger partial charge >= 0.3 is 0 Å². The highest BCUT2D eigenvalue weighted by Crippen LogP contribution is 2.39. The van der Waals surface area contributed by atoms with E-state index < -0.39 is 0 Å². The quantitative estimate of drug-likeness (QED) is 0.747. The molecule has 0 saturated carbocycles. The number of piperidine rings is 1. The fraction of sp³-hybridized carbons (Fsp3) is 0.368. The van der Waals surface area contributed by atoms with Gasteiger partial charge in [-0.1, -0.05) is 46.9 Å². The minimum absolute atomic E-state index is 0.148. The topological polar surface area (TPSA) is 35.5 Å². The van der Waals surface area contributed by atoms with Gasteiger partial charge in [0.1, 0.15) is 0 Å². The number of nitrogens with one attached hydrogen (secondary N) is 1. The van der Waals surface area contributed by atoms with Crippen LogP contribution in [0.15, 0.2) is 42.5 Å². The van der Waals surface area contributed by atoms with E-state index in [-0.39, 0.29) is 12.6 Å². The molecule has 0 bridgehead atoms. The average Bonchev–Trinajstić information content (AvgIpc) is 2.61. The van der Waals surface area contributed by atoms with Crippen LogP contribution in [0.25, 0.3) is 0 Å². The number of halogens is 3. The molecule has 2 aromatic rings. The molecule has 1 saturated heterocycles. The van der Waals surface area contributed by atoms with Gasteiger partial charge in [-0.2, -0.15) is 0 Å². The summed E-state index contributed by atoms with van der Waals surface area (Å²) in [5, 5.41) is 14.5. The Kier molecular flexibility index (Phi) is 6.48. The summed E-state index contributed by atoms with van der Waals surface area (Å²) >= 11 is 18.6. The van der Waals surface area contributed by atoms with Crippen molar-refractivity contribution in [3.63, 3.8) is 0 Å². The van der Waals surface area contributed by atoms with Crippen molar-refractivity contribution in [2.24, 2.45) is 0 Å². The summed E-state index contributed by atoms with van der Waals surface area (Å²) in [6, 6.07) is 14.2. The average molecular weight is 400 g/mol. The van der Waals surface area contributed by atoms with Crippen LogP contribution < -0.4 is 10.2 Å². The number of aliphatic hydroxyl groups is 1. The molecule has 2 aromatic carbocycles. The number of nitrogens with zero attached hydrogens (tertiary/aromatic N) is 1. The Balaban J connectivity index is 1.90. The second-order valence-electron chi connectivity index (χ2n) is 6.26. The third kappa shape index (κ3) is 4.60. The molecule has 2 N–H and O–H groups in total. The van der Waals surface area contributed by atoms with Crippen molar-refractivity contribution in [2.45, 2.75) is 24.9 Å². The maximum atomic E-state index is 9.09. The van der Waals surface area contributed by atoms with Crippen molar-refractivity contribution in [3.05, 3.63) is 63.1 Å². The lowest BCUT2D eigenvalue weighted by molar-refractivity contribution is 0.270. The number of anilines is 1. The summed E-state index contributed by atoms with van der Waals surface area (Å²) in [5.41, 5.74) is 2.19. The molecule has 2 atom stereocenters. The Labute approximate surface area is 163 Å². The first-order valence-electron chi connectivity index (χ1n) is 8.40. The summed E-state index contributed by atoms with van der Waals surface area (Å²) in [6.45, 7) is 1.63. The minimum Gasteiger partial charge on any atom is -0.395 e. The van der Waals surface area contributed by atoms with Crippen molar-refractivity contribution in [3.8, 4) is 0 Å². The van der Waals surface area contributed by atoms with E-state index in [0.717, 1.165) is 30.1 Å². The van der Waals surface area contributed by atoms with E-state index in [1.165, 1.54) is 5.56 Å². The summed E-state index contributed by atoms with van der Waals surface area (Å²) in [6.07, 6.45) is 1.92. The monoisotopic (exact) mass is 398 g/mol. The maximum Gasteiger partial charge on any atom is 0.0654 e. The number of hydrogen-bond acceptors (Lipinski definition) is 3. The zero-order chi connectivity index (χ0) is 17.8. The summed E-state index contributed by atoms with van der Waals surface area (Å²) in [5.74, 6) is 0. The second-order valence-corrected chi connectivity index (χ2v) is 7.54. The number of benzene rings is 2. The van der Waals surface area contributed by atoms with Crippen molar-refractivity contribution >= 4 is 40.5 Å². The van der Waals surface area contributed by atoms with E-state index in [2.05, 4.69) is 22.3 Å². The lowest BCUT2D eigenvalue weighted by Gasteiger charge is -2.42. The van der Waals surface area contributed by atoms with Crippen LogP contribution in [-0.2, 0) is 0 Å². The molecule has 0 radical (unpaired) electrons. The van der Waals surface area contributed by atoms with E-state index in [1.807, 2.05) is 24.3 Å². The smallest absolute Gasteiger partial charge is 0.0654 e. The Morgan fingerprint density at radius 1 is 1.04 bits per heavy atom. The van der Waals surface area contributed by atoms with E-state index >= 15 is 0 Å². The molecule has 3 nitrogen and oxygen atoms in total. The third-order valence-electron chi connectivity index (χ3n) is 4.62. The van der Waals surface area contributed by atoms with Gasteiger partial charge in [-0.25, -0.2) is 0 Å². The lowest BCUT2D eigenvalue weighted by Crippen LogP contribution is -2.45. The van der Waals surface area contributed by atoms with Crippen LogP contribution in [0.4, 0.5) is 5.69 Å². The van der Waals surface area contributed by atoms with Crippen LogP contribution >= 0.6 is 34.8 Å². The van der Waals surface area contributed by atoms with E-state index in [0.29, 0.717) is 22.6 Å². The van der Waals surface area contributed by atoms with E-state index in [1.54, 1.807) is 6.07 Å². The molecule has 0 amide bonds. The zero-order valence-electron chi connectivity index (χ0n) is 13.8. The van der Waals surface area contributed by atoms with Crippen LogP contribution in [0.1, 0.15) is 24.4 Å².